The van der Waals surface area contributed by atoms with Gasteiger partial charge in [0.05, 0.1) is 33.8 Å². The van der Waals surface area contributed by atoms with E-state index < -0.39 is 26.6 Å². The second-order valence-electron chi connectivity index (χ2n) is 22.9. The van der Waals surface area contributed by atoms with E-state index in [2.05, 4.69) is 111 Å². The molecule has 0 aromatic rings. The highest BCUT2D eigenvalue weighted by atomic mass is 31.2. The van der Waals surface area contributed by atoms with E-state index in [1.165, 1.54) is 135 Å². The Bertz CT molecular complexity index is 1670. The predicted molar refractivity (Wildman–Crippen MR) is 339 cm³/mol. The third kappa shape index (κ3) is 59.4. The number of ether oxygens (including phenoxy) is 1. The van der Waals surface area contributed by atoms with Crippen LogP contribution in [-0.2, 0) is 27.9 Å². The maximum Gasteiger partial charge on any atom is 0.306 e. The first kappa shape index (κ1) is 75.9. The average molecular weight is 1120 g/mol. The van der Waals surface area contributed by atoms with E-state index in [4.69, 9.17) is 13.8 Å². The van der Waals surface area contributed by atoms with Gasteiger partial charge in [-0.25, -0.2) is 0 Å². The summed E-state index contributed by atoms with van der Waals surface area (Å²) in [5.41, 5.74) is 0. The minimum atomic E-state index is -4.71. The van der Waals surface area contributed by atoms with E-state index in [0.717, 1.165) is 103 Å². The standard InChI is InChI=1S/C69H123N2O7P/c1-7-10-13-16-19-22-25-28-29-30-31-32-33-34-35-36-37-38-39-40-41-44-46-49-52-55-58-61-68(72)70-66(65-77-79(74,75)76-64-63-71(4,5)6)67(60-57-54-51-48-45-42-26-23-20-17-14-11-8-2)78-69(73)62-59-56-53-50-47-43-27-24-21-18-15-12-9-3/h12,15,18-19,21-22,24,27-29,31-32,34-35,57,60,66-67H,7-11,13-14,16-17,20,23,25-26,30,33,36-56,58-59,61-65H2,1-6H3,(H-,70,72,74,75)/b15-12+,21-18+,22-19-,27-24-,29-28-,32-31-,35-34-,60-57-. The number of nitrogens with one attached hydrogen (secondary N) is 1. The Morgan fingerprint density at radius 3 is 1.34 bits per heavy atom. The zero-order chi connectivity index (χ0) is 57.9. The molecule has 0 aliphatic heterocycles. The van der Waals surface area contributed by atoms with Crippen molar-refractivity contribution in [1.82, 2.24) is 5.32 Å². The molecule has 10 heteroatoms. The SMILES string of the molecule is CC/C=C/C=C/C=C\CCCCCCCC(=O)OC(/C=C\CCCCCCCCCCCCC)C(COP(=O)([O-])OCC[N+](C)(C)C)NC(=O)CCCCCCCCCCCCC/C=C\C/C=C\C/C=C\C/C=C\CCCCC. The van der Waals surface area contributed by atoms with Gasteiger partial charge in [-0.3, -0.25) is 14.2 Å². The number of esters is 1. The lowest BCUT2D eigenvalue weighted by atomic mass is 10.0. The highest BCUT2D eigenvalue weighted by Crippen LogP contribution is 2.38. The first-order chi connectivity index (χ1) is 38.4. The van der Waals surface area contributed by atoms with E-state index >= 15 is 0 Å². The van der Waals surface area contributed by atoms with Gasteiger partial charge in [0.15, 0.2) is 0 Å². The zero-order valence-corrected chi connectivity index (χ0v) is 52.9. The number of carbonyl (C=O) groups is 2. The maximum absolute atomic E-state index is 13.6. The average Bonchev–Trinajstić information content (AvgIpc) is 3.41. The van der Waals surface area contributed by atoms with Crippen LogP contribution in [0.15, 0.2) is 97.2 Å². The summed E-state index contributed by atoms with van der Waals surface area (Å²) in [5, 5.41) is 3.03. The van der Waals surface area contributed by atoms with Crippen molar-refractivity contribution in [1.29, 1.82) is 0 Å². The van der Waals surface area contributed by atoms with Crippen molar-refractivity contribution in [2.45, 2.75) is 290 Å². The van der Waals surface area contributed by atoms with Gasteiger partial charge in [-0.2, -0.15) is 0 Å². The highest BCUT2D eigenvalue weighted by Gasteiger charge is 2.27. The molecule has 0 fully saturated rings. The van der Waals surface area contributed by atoms with Gasteiger partial charge >= 0.3 is 5.97 Å². The smallest absolute Gasteiger partial charge is 0.306 e. The lowest BCUT2D eigenvalue weighted by Gasteiger charge is -2.30. The number of allylic oxidation sites excluding steroid dienone is 15. The molecule has 0 aromatic heterocycles. The molecule has 0 radical (unpaired) electrons. The van der Waals surface area contributed by atoms with E-state index in [9.17, 15) is 19.0 Å². The molecular formula is C69H123N2O7P. The summed E-state index contributed by atoms with van der Waals surface area (Å²) < 4.78 is 30.3. The normalized spacial score (nSPS) is 14.3. The molecule has 0 saturated carbocycles. The predicted octanol–water partition coefficient (Wildman–Crippen LogP) is 19.7. The van der Waals surface area contributed by atoms with Gasteiger partial charge in [-0.1, -0.05) is 266 Å². The summed E-state index contributed by atoms with van der Waals surface area (Å²) in [6, 6.07) is -0.904. The summed E-state index contributed by atoms with van der Waals surface area (Å²) in [7, 11) is 1.16. The number of unbranched alkanes of at least 4 members (excludes halogenated alkanes) is 30. The zero-order valence-electron chi connectivity index (χ0n) is 52.1. The molecule has 3 unspecified atom stereocenters. The van der Waals surface area contributed by atoms with Crippen molar-refractivity contribution in [3.63, 3.8) is 0 Å². The molecule has 0 spiro atoms. The molecule has 3 atom stereocenters. The van der Waals surface area contributed by atoms with Crippen LogP contribution in [0.3, 0.4) is 0 Å². The van der Waals surface area contributed by atoms with Crippen LogP contribution in [0.5, 0.6) is 0 Å². The van der Waals surface area contributed by atoms with E-state index in [0.29, 0.717) is 23.9 Å². The number of quaternary nitrogens is 1. The molecule has 0 aromatic carbocycles. The number of likely N-dealkylation sites (N-methyl/N-ethyl adjacent to an activating group) is 1. The second kappa shape index (κ2) is 58.1. The summed E-state index contributed by atoms with van der Waals surface area (Å²) in [4.78, 5) is 40.0. The summed E-state index contributed by atoms with van der Waals surface area (Å²) in [5.74, 6) is -0.569. The van der Waals surface area contributed by atoms with Crippen LogP contribution >= 0.6 is 7.82 Å². The van der Waals surface area contributed by atoms with Crippen LogP contribution in [0.1, 0.15) is 278 Å². The molecule has 79 heavy (non-hydrogen) atoms. The first-order valence-corrected chi connectivity index (χ1v) is 34.0. The molecule has 1 amide bonds. The number of phosphoric acid groups is 1. The van der Waals surface area contributed by atoms with E-state index in [-0.39, 0.29) is 24.9 Å². The van der Waals surface area contributed by atoms with Crippen molar-refractivity contribution in [3.05, 3.63) is 97.2 Å². The molecule has 1 N–H and O–H groups in total. The van der Waals surface area contributed by atoms with Crippen LogP contribution in [0.2, 0.25) is 0 Å². The first-order valence-electron chi connectivity index (χ1n) is 32.6. The minimum absolute atomic E-state index is 0.0304. The second-order valence-corrected chi connectivity index (χ2v) is 24.4. The largest absolute Gasteiger partial charge is 0.756 e. The van der Waals surface area contributed by atoms with Crippen LogP contribution in [0.25, 0.3) is 0 Å². The van der Waals surface area contributed by atoms with Crippen molar-refractivity contribution in [2.75, 3.05) is 40.9 Å². The molecule has 456 valence electrons. The van der Waals surface area contributed by atoms with Crippen LogP contribution < -0.4 is 10.2 Å². The molecule has 0 bridgehead atoms. The van der Waals surface area contributed by atoms with Gasteiger partial charge in [0.2, 0.25) is 5.91 Å². The number of amides is 1. The summed E-state index contributed by atoms with van der Waals surface area (Å²) >= 11 is 0. The van der Waals surface area contributed by atoms with Crippen LogP contribution in [0.4, 0.5) is 0 Å². The number of hydrogen-bond acceptors (Lipinski definition) is 7. The Morgan fingerprint density at radius 2 is 0.861 bits per heavy atom. The molecule has 0 heterocycles. The summed E-state index contributed by atoms with van der Waals surface area (Å²) in [6.45, 7) is 6.67. The number of rotatable bonds is 58. The molecule has 9 nitrogen and oxygen atoms in total. The Balaban J connectivity index is 5.11. The number of carbonyl (C=O) groups excluding carboxylic acids is 2. The van der Waals surface area contributed by atoms with Crippen molar-refractivity contribution >= 4 is 19.7 Å². The maximum atomic E-state index is 13.6. The third-order valence-corrected chi connectivity index (χ3v) is 15.0. The quantitative estimate of drug-likeness (QED) is 0.0161. The Labute approximate surface area is 488 Å². The topological polar surface area (TPSA) is 114 Å². The van der Waals surface area contributed by atoms with Crippen molar-refractivity contribution in [3.8, 4) is 0 Å². The summed E-state index contributed by atoms with van der Waals surface area (Å²) in [6.07, 6.45) is 78.1. The van der Waals surface area contributed by atoms with Gasteiger partial charge < -0.3 is 28.5 Å². The monoisotopic (exact) mass is 1120 g/mol. The Hall–Kier alpha value is -3.07. The number of nitrogens with zero attached hydrogens (tertiary/aromatic N) is 1. The molecule has 0 aliphatic carbocycles. The van der Waals surface area contributed by atoms with Gasteiger partial charge in [-0.05, 0) is 96.0 Å². The fourth-order valence-electron chi connectivity index (χ4n) is 9.04. The van der Waals surface area contributed by atoms with E-state index in [1.54, 1.807) is 0 Å². The van der Waals surface area contributed by atoms with Gasteiger partial charge in [-0.15, -0.1) is 0 Å². The van der Waals surface area contributed by atoms with Crippen molar-refractivity contribution < 1.29 is 37.3 Å². The van der Waals surface area contributed by atoms with Crippen LogP contribution in [0, 0.1) is 0 Å². The van der Waals surface area contributed by atoms with Gasteiger partial charge in [0.1, 0.15) is 19.3 Å². The van der Waals surface area contributed by atoms with Gasteiger partial charge in [0, 0.05) is 12.8 Å². The Morgan fingerprint density at radius 1 is 0.468 bits per heavy atom. The fraction of sp³-hybridized carbons (Fsp3) is 0.739. The van der Waals surface area contributed by atoms with Gasteiger partial charge in [0.25, 0.3) is 7.82 Å². The van der Waals surface area contributed by atoms with E-state index in [1.807, 2.05) is 33.3 Å². The fourth-order valence-corrected chi connectivity index (χ4v) is 9.76. The number of hydrogen-bond donors (Lipinski definition) is 1. The third-order valence-electron chi connectivity index (χ3n) is 14.1. The lowest BCUT2D eigenvalue weighted by molar-refractivity contribution is -0.870. The molecule has 0 saturated heterocycles. The molecular weight excluding hydrogens is 1000 g/mol. The molecule has 0 aliphatic rings. The minimum Gasteiger partial charge on any atom is -0.756 e. The van der Waals surface area contributed by atoms with Crippen LogP contribution in [-0.4, -0.2) is 69.4 Å². The Kier molecular flexibility index (Phi) is 55.9. The number of phosphoric ester groups is 1. The lowest BCUT2D eigenvalue weighted by Crippen LogP contribution is -2.47. The van der Waals surface area contributed by atoms with Crippen molar-refractivity contribution in [2.24, 2.45) is 0 Å². The molecule has 0 rings (SSSR count). The highest BCUT2D eigenvalue weighted by molar-refractivity contribution is 7.45.